The molecule has 8 nitrogen and oxygen atoms in total. The minimum atomic E-state index is 0.726. The second kappa shape index (κ2) is 16.8. The highest BCUT2D eigenvalue weighted by atomic mass is 15.0. The van der Waals surface area contributed by atoms with Crippen LogP contribution >= 0.6 is 0 Å². The lowest BCUT2D eigenvalue weighted by atomic mass is 10.0. The minimum Gasteiger partial charge on any atom is -0.399 e. The molecule has 0 atom stereocenters. The number of quaternary nitrogens is 1. The number of nitrogens with two attached hydrogens (primary N) is 5. The maximum atomic E-state index is 6.41. The number of aryl methyl sites for hydroxylation is 5. The molecule has 56 heavy (non-hydrogen) atoms. The quantitative estimate of drug-likeness (QED) is 0.0346. The fourth-order valence-corrected chi connectivity index (χ4v) is 7.64. The molecule has 5 aromatic carbocycles. The summed E-state index contributed by atoms with van der Waals surface area (Å²) in [6.45, 7) is 8.11. The highest BCUT2D eigenvalue weighted by Gasteiger charge is 2.22. The van der Waals surface area contributed by atoms with E-state index in [0.717, 1.165) is 115 Å². The van der Waals surface area contributed by atoms with Crippen molar-refractivity contribution in [2.45, 2.75) is 85.5 Å². The van der Waals surface area contributed by atoms with Crippen LogP contribution in [0.3, 0.4) is 0 Å². The van der Waals surface area contributed by atoms with E-state index >= 15 is 0 Å². The van der Waals surface area contributed by atoms with E-state index in [0.29, 0.717) is 0 Å². The Morgan fingerprint density at radius 2 is 1.21 bits per heavy atom. The molecule has 0 aliphatic heterocycles. The smallest absolute Gasteiger partial charge is 0.239 e. The van der Waals surface area contributed by atoms with Crippen LogP contribution in [-0.2, 0) is 12.8 Å². The molecule has 8 heteroatoms. The average molecular weight is 745 g/mol. The Morgan fingerprint density at radius 3 is 1.86 bits per heavy atom. The number of nitrogen functional groups attached to an aromatic ring is 3. The zero-order valence-corrected chi connectivity index (χ0v) is 33.3. The number of hydrogen-bond donors (Lipinski definition) is 5. The molecule has 10 N–H and O–H groups in total. The minimum absolute atomic E-state index is 0.726. The van der Waals surface area contributed by atoms with Crippen molar-refractivity contribution in [2.24, 2.45) is 10.7 Å². The van der Waals surface area contributed by atoms with Crippen LogP contribution in [0.5, 0.6) is 0 Å². The molecule has 1 aromatic heterocycles. The Balaban J connectivity index is 0.921. The molecule has 0 fully saturated rings. The van der Waals surface area contributed by atoms with Crippen LogP contribution in [0.4, 0.5) is 34.1 Å². The van der Waals surface area contributed by atoms with Gasteiger partial charge in [0, 0.05) is 71.3 Å². The molecule has 0 unspecified atom stereocenters. The maximum Gasteiger partial charge on any atom is 0.239 e. The van der Waals surface area contributed by atoms with Gasteiger partial charge in [-0.3, -0.25) is 5.32 Å². The summed E-state index contributed by atoms with van der Waals surface area (Å²) in [5.74, 6) is 0. The van der Waals surface area contributed by atoms with Gasteiger partial charge in [-0.25, -0.2) is 9.98 Å². The second-order valence-electron chi connectivity index (χ2n) is 15.6. The predicted molar refractivity (Wildman–Crippen MR) is 235 cm³/mol. The van der Waals surface area contributed by atoms with E-state index in [9.17, 15) is 0 Å². The molecular weight excluding hydrogens is 689 g/mol. The first-order valence-electron chi connectivity index (χ1n) is 20.0. The van der Waals surface area contributed by atoms with Gasteiger partial charge in [-0.1, -0.05) is 56.0 Å². The van der Waals surface area contributed by atoms with E-state index in [-0.39, 0.29) is 0 Å². The molecule has 6 aromatic rings. The number of aliphatic imine (C=N–C) groups is 1. The Morgan fingerprint density at radius 1 is 0.643 bits per heavy atom. The highest BCUT2D eigenvalue weighted by Crippen LogP contribution is 2.30. The van der Waals surface area contributed by atoms with Crippen LogP contribution in [0.15, 0.2) is 113 Å². The number of fused-ring (bicyclic) bond motifs is 2. The van der Waals surface area contributed by atoms with Gasteiger partial charge in [0.05, 0.1) is 0 Å². The third-order valence-corrected chi connectivity index (χ3v) is 11.1. The van der Waals surface area contributed by atoms with Gasteiger partial charge >= 0.3 is 0 Å². The number of aromatic nitrogens is 2. The first kappa shape index (κ1) is 38.3. The lowest BCUT2D eigenvalue weighted by molar-refractivity contribution is -0.538. The Bertz CT molecular complexity index is 2460. The van der Waals surface area contributed by atoms with E-state index in [4.69, 9.17) is 32.9 Å². The highest BCUT2D eigenvalue weighted by molar-refractivity contribution is 6.00. The van der Waals surface area contributed by atoms with Gasteiger partial charge in [0.1, 0.15) is 22.4 Å². The number of nitrogens with zero attached hydrogens (tertiary/aromatic N) is 3. The summed E-state index contributed by atoms with van der Waals surface area (Å²) in [7, 11) is 0. The predicted octanol–water partition coefficient (Wildman–Crippen LogP) is 9.25. The summed E-state index contributed by atoms with van der Waals surface area (Å²) in [6.07, 6.45) is 14.3. The van der Waals surface area contributed by atoms with E-state index in [1.165, 1.54) is 49.7 Å². The number of hydrogen-bond acceptors (Lipinski definition) is 6. The van der Waals surface area contributed by atoms with Crippen molar-refractivity contribution >= 4 is 61.9 Å². The molecule has 1 aliphatic rings. The van der Waals surface area contributed by atoms with Gasteiger partial charge in [-0.15, -0.1) is 4.57 Å². The van der Waals surface area contributed by atoms with Gasteiger partial charge in [-0.2, -0.15) is 0 Å². The zero-order chi connectivity index (χ0) is 39.3. The monoisotopic (exact) mass is 744 g/mol. The molecule has 1 heterocycles. The zero-order valence-electron chi connectivity index (χ0n) is 33.3. The number of anilines is 3. The fraction of sp³-hybridized carbons (Fsp3) is 0.271. The van der Waals surface area contributed by atoms with Gasteiger partial charge in [0.2, 0.25) is 16.7 Å². The van der Waals surface area contributed by atoms with Crippen molar-refractivity contribution in [1.82, 2.24) is 4.98 Å². The molecular formula is C48H56N8+2. The number of benzene rings is 5. The van der Waals surface area contributed by atoms with Crippen LogP contribution in [0, 0.1) is 20.8 Å². The van der Waals surface area contributed by atoms with Crippen molar-refractivity contribution in [2.75, 3.05) is 17.2 Å². The topological polar surface area (TPSA) is 150 Å². The largest absolute Gasteiger partial charge is 0.399 e. The lowest BCUT2D eigenvalue weighted by Gasteiger charge is -2.12. The molecule has 7 rings (SSSR count). The molecule has 0 bridgehead atoms. The van der Waals surface area contributed by atoms with E-state index in [1.807, 2.05) is 52.0 Å². The third kappa shape index (κ3) is 8.77. The van der Waals surface area contributed by atoms with Crippen molar-refractivity contribution in [3.05, 3.63) is 136 Å². The van der Waals surface area contributed by atoms with Gasteiger partial charge < -0.3 is 22.9 Å². The number of unbranched alkanes of at least 4 members (excludes halogenated alkanes) is 5. The Labute approximate surface area is 331 Å². The van der Waals surface area contributed by atoms with Crippen LogP contribution in [0.2, 0.25) is 0 Å². The maximum absolute atomic E-state index is 6.41. The normalized spacial score (nSPS) is 13.8. The Hall–Kier alpha value is -5.99. The van der Waals surface area contributed by atoms with Crippen molar-refractivity contribution in [3.63, 3.8) is 0 Å². The lowest BCUT2D eigenvalue weighted by Crippen LogP contribution is -2.71. The van der Waals surface area contributed by atoms with Crippen LogP contribution in [0.1, 0.15) is 79.7 Å². The molecule has 0 radical (unpaired) electrons. The average Bonchev–Trinajstić information content (AvgIpc) is 3.17. The standard InChI is InChI=1S/C48H54N8/c1-30-21-37(19-20-39(30)49)54-43-22-31(2)40(50)27-44(43)53-36-17-11-15-34(25-36)13-9-7-5-6-8-10-14-35-16-12-18-38(26-35)56-47-28-41(51)32(3)23-45(47)55-46-24-33(4)42(52)29-48(46)56/h11-12,15-18,20-29,53H,5-10,13-14,19,49-50H2,1-4H3,(H3,51,52)/p+2. The van der Waals surface area contributed by atoms with E-state index in [2.05, 4.69) is 82.7 Å². The van der Waals surface area contributed by atoms with Gasteiger partial charge in [0.15, 0.2) is 5.69 Å². The summed E-state index contributed by atoms with van der Waals surface area (Å²) >= 11 is 0. The molecule has 0 saturated carbocycles. The molecule has 0 amide bonds. The Kier molecular flexibility index (Phi) is 11.5. The van der Waals surface area contributed by atoms with Gasteiger partial charge in [-0.05, 0) is 117 Å². The first-order chi connectivity index (χ1) is 27.0. The molecule has 0 saturated heterocycles. The fourth-order valence-electron chi connectivity index (χ4n) is 7.64. The summed E-state index contributed by atoms with van der Waals surface area (Å²) in [5.41, 5.74) is 44.2. The summed E-state index contributed by atoms with van der Waals surface area (Å²) < 4.78 is 2.26. The molecule has 1 aliphatic carbocycles. The van der Waals surface area contributed by atoms with Crippen molar-refractivity contribution in [1.29, 1.82) is 0 Å². The van der Waals surface area contributed by atoms with Crippen LogP contribution in [0.25, 0.3) is 27.8 Å². The van der Waals surface area contributed by atoms with E-state index in [1.54, 1.807) is 0 Å². The van der Waals surface area contributed by atoms with Crippen molar-refractivity contribution in [3.8, 4) is 5.69 Å². The van der Waals surface area contributed by atoms with Crippen molar-refractivity contribution < 1.29 is 9.88 Å². The SMILES string of the molecule is CC1=CC(=Nc2cc(C)c(N)cc2[NH2+]c2cccc(CCCCCCCCc3cccc(-[n+]4c5cc(N)c(C)cc5nc5cc(C)c(N)cc54)c3)c2)CC=C1N. The summed E-state index contributed by atoms with van der Waals surface area (Å²) in [4.78, 5) is 10.0. The number of allylic oxidation sites excluding steroid dienone is 3. The van der Waals surface area contributed by atoms with E-state index < -0.39 is 0 Å². The van der Waals surface area contributed by atoms with Crippen LogP contribution < -0.4 is 32.8 Å². The van der Waals surface area contributed by atoms with Crippen LogP contribution in [-0.4, -0.2) is 10.7 Å². The molecule has 0 spiro atoms. The second-order valence-corrected chi connectivity index (χ2v) is 15.6. The molecule has 286 valence electrons. The van der Waals surface area contributed by atoms with Gasteiger partial charge in [0.25, 0.3) is 0 Å². The third-order valence-electron chi connectivity index (χ3n) is 11.1. The number of rotatable bonds is 13. The first-order valence-corrected chi connectivity index (χ1v) is 20.0. The summed E-state index contributed by atoms with van der Waals surface area (Å²) in [6, 6.07) is 30.1. The summed E-state index contributed by atoms with van der Waals surface area (Å²) in [5, 5.41) is 2.20.